The van der Waals surface area contributed by atoms with Crippen LogP contribution in [0.4, 0.5) is 10.1 Å². The minimum absolute atomic E-state index is 0.0428. The molecule has 0 radical (unpaired) electrons. The van der Waals surface area contributed by atoms with Gasteiger partial charge < -0.3 is 14.7 Å². The van der Waals surface area contributed by atoms with E-state index in [0.717, 1.165) is 18.7 Å². The molecule has 29 heavy (non-hydrogen) atoms. The summed E-state index contributed by atoms with van der Waals surface area (Å²) in [4.78, 5) is 27.9. The summed E-state index contributed by atoms with van der Waals surface area (Å²) in [6, 6.07) is 11.5. The molecule has 2 heterocycles. The SMILES string of the molecule is CCOc1cc(CN2CC3(CC(=O)N(c4ccccc4C(=O)O)C3)C2)ccc1F. The van der Waals surface area contributed by atoms with Crippen molar-refractivity contribution >= 4 is 17.6 Å². The Balaban J connectivity index is 1.43. The molecule has 1 spiro atoms. The smallest absolute Gasteiger partial charge is 0.337 e. The zero-order valence-corrected chi connectivity index (χ0v) is 16.2. The topological polar surface area (TPSA) is 70.1 Å². The van der Waals surface area contributed by atoms with Gasteiger partial charge in [0.2, 0.25) is 5.91 Å². The van der Waals surface area contributed by atoms with Crippen LogP contribution in [0.15, 0.2) is 42.5 Å². The maximum Gasteiger partial charge on any atom is 0.337 e. The van der Waals surface area contributed by atoms with Crippen LogP contribution in [-0.4, -0.2) is 48.1 Å². The Hall–Kier alpha value is -2.93. The maximum absolute atomic E-state index is 13.7. The molecule has 6 nitrogen and oxygen atoms in total. The van der Waals surface area contributed by atoms with Gasteiger partial charge in [0.05, 0.1) is 17.9 Å². The molecule has 0 atom stereocenters. The number of ether oxygens (including phenoxy) is 1. The van der Waals surface area contributed by atoms with Crippen LogP contribution in [0.5, 0.6) is 5.75 Å². The van der Waals surface area contributed by atoms with Crippen molar-refractivity contribution in [2.75, 3.05) is 31.1 Å². The third-order valence-electron chi connectivity index (χ3n) is 5.57. The van der Waals surface area contributed by atoms with Gasteiger partial charge in [0, 0.05) is 38.0 Å². The van der Waals surface area contributed by atoms with Crippen molar-refractivity contribution in [2.45, 2.75) is 19.9 Å². The van der Waals surface area contributed by atoms with Crippen molar-refractivity contribution in [3.8, 4) is 5.75 Å². The average molecular weight is 398 g/mol. The lowest BCUT2D eigenvalue weighted by Crippen LogP contribution is -2.56. The van der Waals surface area contributed by atoms with Gasteiger partial charge in [-0.1, -0.05) is 18.2 Å². The molecule has 2 aromatic rings. The van der Waals surface area contributed by atoms with Crippen molar-refractivity contribution in [1.29, 1.82) is 0 Å². The number of likely N-dealkylation sites (tertiary alicyclic amines) is 1. The van der Waals surface area contributed by atoms with E-state index in [-0.39, 0.29) is 28.5 Å². The number of anilines is 1. The molecule has 2 saturated heterocycles. The molecule has 0 saturated carbocycles. The predicted molar refractivity (Wildman–Crippen MR) is 106 cm³/mol. The fourth-order valence-corrected chi connectivity index (χ4v) is 4.40. The molecule has 0 aliphatic carbocycles. The first-order chi connectivity index (χ1) is 13.9. The zero-order valence-electron chi connectivity index (χ0n) is 16.2. The Labute approximate surface area is 168 Å². The summed E-state index contributed by atoms with van der Waals surface area (Å²) in [7, 11) is 0. The van der Waals surface area contributed by atoms with Crippen molar-refractivity contribution < 1.29 is 23.8 Å². The monoisotopic (exact) mass is 398 g/mol. The number of benzene rings is 2. The minimum Gasteiger partial charge on any atom is -0.491 e. The number of carbonyl (C=O) groups excluding carboxylic acids is 1. The van der Waals surface area contributed by atoms with Gasteiger partial charge in [-0.15, -0.1) is 0 Å². The summed E-state index contributed by atoms with van der Waals surface area (Å²) in [5, 5.41) is 9.42. The van der Waals surface area contributed by atoms with Crippen LogP contribution in [0, 0.1) is 11.2 Å². The molecule has 152 valence electrons. The number of hydrogen-bond acceptors (Lipinski definition) is 4. The number of carboxylic acids is 1. The van der Waals surface area contributed by atoms with Gasteiger partial charge in [-0.3, -0.25) is 9.69 Å². The number of carbonyl (C=O) groups is 2. The highest BCUT2D eigenvalue weighted by atomic mass is 19.1. The third kappa shape index (κ3) is 3.70. The highest BCUT2D eigenvalue weighted by Crippen LogP contribution is 2.43. The van der Waals surface area contributed by atoms with E-state index in [9.17, 15) is 19.1 Å². The molecule has 0 bridgehead atoms. The number of hydrogen-bond donors (Lipinski definition) is 1. The Morgan fingerprint density at radius 3 is 2.69 bits per heavy atom. The Morgan fingerprint density at radius 2 is 1.97 bits per heavy atom. The van der Waals surface area contributed by atoms with E-state index >= 15 is 0 Å². The van der Waals surface area contributed by atoms with Gasteiger partial charge in [0.15, 0.2) is 11.6 Å². The van der Waals surface area contributed by atoms with Crippen molar-refractivity contribution in [3.05, 3.63) is 59.4 Å². The van der Waals surface area contributed by atoms with Gasteiger partial charge in [-0.25, -0.2) is 9.18 Å². The summed E-state index contributed by atoms with van der Waals surface area (Å²) >= 11 is 0. The molecule has 0 unspecified atom stereocenters. The molecule has 4 rings (SSSR count). The maximum atomic E-state index is 13.7. The molecule has 2 aromatic carbocycles. The second kappa shape index (κ2) is 7.48. The predicted octanol–water partition coefficient (Wildman–Crippen LogP) is 3.16. The van der Waals surface area contributed by atoms with Gasteiger partial charge in [0.25, 0.3) is 0 Å². The van der Waals surface area contributed by atoms with E-state index in [1.165, 1.54) is 12.1 Å². The molecule has 1 amide bonds. The van der Waals surface area contributed by atoms with E-state index in [2.05, 4.69) is 4.90 Å². The van der Waals surface area contributed by atoms with Crippen molar-refractivity contribution in [1.82, 2.24) is 4.90 Å². The van der Waals surface area contributed by atoms with Gasteiger partial charge in [-0.05, 0) is 36.8 Å². The molecule has 2 aliphatic rings. The number of halogens is 1. The molecular formula is C22H23FN2O4. The average Bonchev–Trinajstić information content (AvgIpc) is 3.01. The second-order valence-corrected chi connectivity index (χ2v) is 7.82. The fourth-order valence-electron chi connectivity index (χ4n) is 4.40. The first-order valence-corrected chi connectivity index (χ1v) is 9.67. The van der Waals surface area contributed by atoms with E-state index in [1.54, 1.807) is 35.2 Å². The summed E-state index contributed by atoms with van der Waals surface area (Å²) in [5.41, 5.74) is 1.40. The first-order valence-electron chi connectivity index (χ1n) is 9.67. The van der Waals surface area contributed by atoms with Crippen molar-refractivity contribution in [3.63, 3.8) is 0 Å². The molecular weight excluding hydrogens is 375 g/mol. The minimum atomic E-state index is -1.04. The van der Waals surface area contributed by atoms with Crippen LogP contribution in [0.1, 0.15) is 29.3 Å². The van der Waals surface area contributed by atoms with Crippen LogP contribution in [-0.2, 0) is 11.3 Å². The normalized spacial score (nSPS) is 18.1. The standard InChI is InChI=1S/C22H23FN2O4/c1-2-29-19-9-15(7-8-17(19)23)11-24-12-22(13-24)10-20(26)25(14-22)18-6-4-3-5-16(18)21(27)28/h3-9H,2,10-14H2,1H3,(H,27,28). The summed E-state index contributed by atoms with van der Waals surface area (Å²) in [5.74, 6) is -1.19. The van der Waals surface area contributed by atoms with Crippen LogP contribution in [0.25, 0.3) is 0 Å². The second-order valence-electron chi connectivity index (χ2n) is 7.82. The summed E-state index contributed by atoms with van der Waals surface area (Å²) in [6.07, 6.45) is 0.408. The number of rotatable bonds is 6. The lowest BCUT2D eigenvalue weighted by atomic mass is 9.78. The van der Waals surface area contributed by atoms with E-state index in [1.807, 2.05) is 6.92 Å². The highest BCUT2D eigenvalue weighted by Gasteiger charge is 2.51. The number of aromatic carboxylic acids is 1. The summed E-state index contributed by atoms with van der Waals surface area (Å²) in [6.45, 7) is 4.87. The quantitative estimate of drug-likeness (QED) is 0.810. The number of carboxylic acid groups (broad SMARTS) is 1. The molecule has 0 aromatic heterocycles. The van der Waals surface area contributed by atoms with Gasteiger partial charge >= 0.3 is 5.97 Å². The lowest BCUT2D eigenvalue weighted by molar-refractivity contribution is -0.119. The number of para-hydroxylation sites is 1. The molecule has 7 heteroatoms. The van der Waals surface area contributed by atoms with Gasteiger partial charge in [0.1, 0.15) is 0 Å². The van der Waals surface area contributed by atoms with Crippen LogP contribution in [0.2, 0.25) is 0 Å². The third-order valence-corrected chi connectivity index (χ3v) is 5.57. The van der Waals surface area contributed by atoms with E-state index in [0.29, 0.717) is 31.8 Å². The molecule has 1 N–H and O–H groups in total. The Kier molecular flexibility index (Phi) is 5.00. The van der Waals surface area contributed by atoms with Crippen LogP contribution >= 0.6 is 0 Å². The van der Waals surface area contributed by atoms with Crippen LogP contribution in [0.3, 0.4) is 0 Å². The van der Waals surface area contributed by atoms with E-state index < -0.39 is 5.97 Å². The largest absolute Gasteiger partial charge is 0.491 e. The van der Waals surface area contributed by atoms with Gasteiger partial charge in [-0.2, -0.15) is 0 Å². The highest BCUT2D eigenvalue weighted by molar-refractivity contribution is 6.03. The van der Waals surface area contributed by atoms with Crippen molar-refractivity contribution in [2.24, 2.45) is 5.41 Å². The Bertz CT molecular complexity index is 956. The van der Waals surface area contributed by atoms with Crippen LogP contribution < -0.4 is 9.64 Å². The van der Waals surface area contributed by atoms with E-state index in [4.69, 9.17) is 4.74 Å². The first kappa shape index (κ1) is 19.4. The zero-order chi connectivity index (χ0) is 20.6. The summed E-state index contributed by atoms with van der Waals surface area (Å²) < 4.78 is 19.1. The number of amides is 1. The lowest BCUT2D eigenvalue weighted by Gasteiger charge is -2.47. The molecule has 2 fully saturated rings. The number of nitrogens with zero attached hydrogens (tertiary/aromatic N) is 2. The molecule has 2 aliphatic heterocycles. The Morgan fingerprint density at radius 1 is 1.21 bits per heavy atom. The fraction of sp³-hybridized carbons (Fsp3) is 0.364.